The highest BCUT2D eigenvalue weighted by atomic mass is 35.5. The largest absolute Gasteiger partial charge is 0.491 e. The van der Waals surface area contributed by atoms with E-state index in [1.54, 1.807) is 43.3 Å². The molecule has 4 aromatic rings. The van der Waals surface area contributed by atoms with Gasteiger partial charge >= 0.3 is 6.05 Å². The number of alkyl halides is 2. The number of aliphatic hydroxyl groups excluding tert-OH is 1. The van der Waals surface area contributed by atoms with Gasteiger partial charge in [-0.1, -0.05) is 30.7 Å². The van der Waals surface area contributed by atoms with Gasteiger partial charge < -0.3 is 14.8 Å². The third-order valence-electron chi connectivity index (χ3n) is 6.85. The fourth-order valence-corrected chi connectivity index (χ4v) is 6.58. The number of pyridine rings is 1. The van der Waals surface area contributed by atoms with E-state index in [4.69, 9.17) is 21.4 Å². The first-order valence-corrected chi connectivity index (χ1v) is 14.4. The first-order chi connectivity index (χ1) is 18.2. The highest BCUT2D eigenvalue weighted by molar-refractivity contribution is 7.92. The number of benzene rings is 2. The molecule has 0 unspecified atom stereocenters. The number of halogens is 3. The number of sulfone groups is 1. The summed E-state index contributed by atoms with van der Waals surface area (Å²) < 4.78 is 60.9. The lowest BCUT2D eigenvalue weighted by atomic mass is 9.99. The van der Waals surface area contributed by atoms with Gasteiger partial charge in [0.2, 0.25) is 0 Å². The Hall–Kier alpha value is -2.79. The van der Waals surface area contributed by atoms with Crippen LogP contribution in [0.25, 0.3) is 33.1 Å². The molecule has 1 aliphatic carbocycles. The number of aromatic amines is 1. The van der Waals surface area contributed by atoms with Crippen LogP contribution < -0.4 is 4.74 Å². The zero-order valence-corrected chi connectivity index (χ0v) is 22.3. The van der Waals surface area contributed by atoms with Crippen molar-refractivity contribution in [2.75, 3.05) is 26.3 Å². The molecule has 1 fully saturated rings. The van der Waals surface area contributed by atoms with Gasteiger partial charge in [0, 0.05) is 30.1 Å². The third kappa shape index (κ3) is 5.10. The fourth-order valence-electron chi connectivity index (χ4n) is 4.72. The summed E-state index contributed by atoms with van der Waals surface area (Å²) in [5.41, 5.74) is 2.52. The molecule has 0 radical (unpaired) electrons. The molecule has 1 saturated carbocycles. The molecule has 5 rings (SSSR count). The minimum Gasteiger partial charge on any atom is -0.491 e. The van der Waals surface area contributed by atoms with E-state index in [0.29, 0.717) is 51.1 Å². The Morgan fingerprint density at radius 1 is 1.24 bits per heavy atom. The van der Waals surface area contributed by atoms with Crippen molar-refractivity contribution in [1.82, 2.24) is 14.9 Å². The van der Waals surface area contributed by atoms with Gasteiger partial charge in [-0.05, 0) is 54.3 Å². The smallest absolute Gasteiger partial charge is 0.308 e. The molecule has 202 valence electrons. The SMILES string of the molecule is CCN(CCO)C(F)(F)CCOc1ccc(-c2cccc(S(=O)(=O)C3CC3)c2)c2c1[nH]c1ncc(Cl)cc12. The summed E-state index contributed by atoms with van der Waals surface area (Å²) in [6.45, 7) is 0.950. The number of hydrogen-bond acceptors (Lipinski definition) is 6. The second-order valence-electron chi connectivity index (χ2n) is 9.38. The number of H-pyrrole nitrogens is 1. The summed E-state index contributed by atoms with van der Waals surface area (Å²) >= 11 is 6.25. The van der Waals surface area contributed by atoms with Crippen molar-refractivity contribution >= 4 is 43.4 Å². The molecule has 11 heteroatoms. The minimum absolute atomic E-state index is 0.0937. The third-order valence-corrected chi connectivity index (χ3v) is 9.31. The van der Waals surface area contributed by atoms with E-state index in [9.17, 15) is 17.2 Å². The molecule has 0 amide bonds. The average molecular weight is 564 g/mol. The van der Waals surface area contributed by atoms with Crippen molar-refractivity contribution in [3.05, 3.63) is 53.7 Å². The van der Waals surface area contributed by atoms with Crippen molar-refractivity contribution in [2.24, 2.45) is 0 Å². The normalized spacial score (nSPS) is 14.6. The molecular weight excluding hydrogens is 536 g/mol. The van der Waals surface area contributed by atoms with Gasteiger partial charge in [0.1, 0.15) is 11.4 Å². The van der Waals surface area contributed by atoms with Gasteiger partial charge in [0.15, 0.2) is 9.84 Å². The summed E-state index contributed by atoms with van der Waals surface area (Å²) in [5.74, 6) is 0.362. The highest BCUT2D eigenvalue weighted by Crippen LogP contribution is 2.41. The van der Waals surface area contributed by atoms with Crippen LogP contribution in [0.5, 0.6) is 5.75 Å². The Labute approximate surface area is 224 Å². The van der Waals surface area contributed by atoms with Crippen molar-refractivity contribution in [3.8, 4) is 16.9 Å². The predicted octanol–water partition coefficient (Wildman–Crippen LogP) is 5.65. The fraction of sp³-hybridized carbons (Fsp3) is 0.370. The lowest BCUT2D eigenvalue weighted by Gasteiger charge is -2.29. The van der Waals surface area contributed by atoms with Crippen LogP contribution in [0.4, 0.5) is 8.78 Å². The number of likely N-dealkylation sites (N-methyl/N-ethyl adjacent to an activating group) is 1. The Balaban J connectivity index is 1.54. The van der Waals surface area contributed by atoms with Crippen molar-refractivity contribution in [3.63, 3.8) is 0 Å². The van der Waals surface area contributed by atoms with Gasteiger partial charge in [-0.15, -0.1) is 0 Å². The number of aliphatic hydroxyl groups is 1. The molecule has 7 nitrogen and oxygen atoms in total. The van der Waals surface area contributed by atoms with Crippen LogP contribution in [0.2, 0.25) is 5.02 Å². The summed E-state index contributed by atoms with van der Waals surface area (Å²) in [6, 6.07) is 8.91. The summed E-state index contributed by atoms with van der Waals surface area (Å²) in [4.78, 5) is 8.76. The molecule has 2 aromatic carbocycles. The Bertz CT molecular complexity index is 1590. The van der Waals surface area contributed by atoms with Gasteiger partial charge in [0.05, 0.1) is 40.3 Å². The molecule has 2 N–H and O–H groups in total. The Morgan fingerprint density at radius 3 is 2.74 bits per heavy atom. The number of nitrogens with zero attached hydrogens (tertiary/aromatic N) is 2. The quantitative estimate of drug-likeness (QED) is 0.229. The number of ether oxygens (including phenoxy) is 1. The standard InChI is InChI=1S/C27H28ClF2N3O4S/c1-2-33(11-12-34)27(29,30)10-13-37-23-9-8-21(24-22-15-18(28)16-31-26(22)32-25(23)24)17-4-3-5-20(14-17)38(35,36)19-6-7-19/h3-5,8-9,14-16,19,34H,2,6-7,10-13H2,1H3,(H,31,32). The molecule has 0 aliphatic heterocycles. The predicted molar refractivity (Wildman–Crippen MR) is 144 cm³/mol. The highest BCUT2D eigenvalue weighted by Gasteiger charge is 2.37. The zero-order chi connectivity index (χ0) is 27.1. The van der Waals surface area contributed by atoms with Crippen molar-refractivity contribution in [1.29, 1.82) is 0 Å². The molecule has 0 saturated heterocycles. The molecule has 1 aliphatic rings. The van der Waals surface area contributed by atoms with Crippen LogP contribution in [0.1, 0.15) is 26.2 Å². The molecular formula is C27H28ClF2N3O4S. The first-order valence-electron chi connectivity index (χ1n) is 12.5. The van der Waals surface area contributed by atoms with E-state index >= 15 is 0 Å². The molecule has 2 heterocycles. The maximum absolute atomic E-state index is 14.6. The Kier molecular flexibility index (Phi) is 7.34. The van der Waals surface area contributed by atoms with E-state index in [1.807, 2.05) is 6.07 Å². The van der Waals surface area contributed by atoms with E-state index in [-0.39, 0.29) is 36.4 Å². The van der Waals surface area contributed by atoms with Gasteiger partial charge in [-0.2, -0.15) is 8.78 Å². The number of nitrogens with one attached hydrogen (secondary N) is 1. The van der Waals surface area contributed by atoms with Gasteiger partial charge in [-0.3, -0.25) is 0 Å². The second-order valence-corrected chi connectivity index (χ2v) is 12.0. The van der Waals surface area contributed by atoms with E-state index < -0.39 is 22.3 Å². The average Bonchev–Trinajstić information content (AvgIpc) is 3.69. The number of hydrogen-bond donors (Lipinski definition) is 2. The summed E-state index contributed by atoms with van der Waals surface area (Å²) in [6.07, 6.45) is 2.29. The first kappa shape index (κ1) is 26.8. The van der Waals surface area contributed by atoms with Gasteiger partial charge in [0.25, 0.3) is 0 Å². The molecule has 38 heavy (non-hydrogen) atoms. The zero-order valence-electron chi connectivity index (χ0n) is 20.8. The molecule has 0 spiro atoms. The van der Waals surface area contributed by atoms with Crippen molar-refractivity contribution in [2.45, 2.75) is 42.4 Å². The molecule has 0 bridgehead atoms. The summed E-state index contributed by atoms with van der Waals surface area (Å²) in [5, 5.41) is 10.6. The minimum atomic E-state index is -3.39. The van der Waals surface area contributed by atoms with Crippen LogP contribution in [0, 0.1) is 0 Å². The number of aromatic nitrogens is 2. The van der Waals surface area contributed by atoms with Crippen LogP contribution >= 0.6 is 11.6 Å². The number of rotatable bonds is 11. The lowest BCUT2D eigenvalue weighted by Crippen LogP contribution is -2.44. The monoisotopic (exact) mass is 563 g/mol. The van der Waals surface area contributed by atoms with E-state index in [2.05, 4.69) is 9.97 Å². The molecule has 0 atom stereocenters. The molecule has 2 aromatic heterocycles. The van der Waals surface area contributed by atoms with Crippen LogP contribution in [-0.4, -0.2) is 66.0 Å². The van der Waals surface area contributed by atoms with Crippen LogP contribution in [-0.2, 0) is 9.84 Å². The Morgan fingerprint density at radius 2 is 2.03 bits per heavy atom. The van der Waals surface area contributed by atoms with Crippen molar-refractivity contribution < 1.29 is 27.0 Å². The van der Waals surface area contributed by atoms with E-state index in [1.165, 1.54) is 6.20 Å². The maximum Gasteiger partial charge on any atom is 0.308 e. The van der Waals surface area contributed by atoms with Gasteiger partial charge in [-0.25, -0.2) is 18.3 Å². The lowest BCUT2D eigenvalue weighted by molar-refractivity contribution is -0.157. The van der Waals surface area contributed by atoms with Crippen LogP contribution in [0.15, 0.2) is 53.6 Å². The number of fused-ring (bicyclic) bond motifs is 3. The summed E-state index contributed by atoms with van der Waals surface area (Å²) in [7, 11) is -3.39. The maximum atomic E-state index is 14.6. The topological polar surface area (TPSA) is 95.5 Å². The van der Waals surface area contributed by atoms with Crippen LogP contribution in [0.3, 0.4) is 0 Å². The second kappa shape index (κ2) is 10.4. The van der Waals surface area contributed by atoms with E-state index in [0.717, 1.165) is 10.5 Å².